The molecule has 0 bridgehead atoms. The molecule has 0 atom stereocenters. The van der Waals surface area contributed by atoms with Gasteiger partial charge in [-0.15, -0.1) is 0 Å². The van der Waals surface area contributed by atoms with Gasteiger partial charge in [0.1, 0.15) is 18.9 Å². The number of anilines is 1. The summed E-state index contributed by atoms with van der Waals surface area (Å²) in [5.41, 5.74) is 2.25. The number of nitrogens with zero attached hydrogens (tertiary/aromatic N) is 1. The van der Waals surface area contributed by atoms with E-state index in [4.69, 9.17) is 14.2 Å². The van der Waals surface area contributed by atoms with Crippen molar-refractivity contribution in [3.8, 4) is 17.2 Å². The van der Waals surface area contributed by atoms with E-state index in [1.807, 2.05) is 50.2 Å². The van der Waals surface area contributed by atoms with E-state index in [-0.39, 0.29) is 11.4 Å². The third kappa shape index (κ3) is 7.54. The molecular weight excluding hydrogens is 631 g/mol. The van der Waals surface area contributed by atoms with Gasteiger partial charge in [-0.3, -0.25) is 19.3 Å². The Hall–Kier alpha value is -3.51. The number of ether oxygens (including phenoxy) is 3. The van der Waals surface area contributed by atoms with Crippen molar-refractivity contribution in [3.63, 3.8) is 0 Å². The lowest BCUT2D eigenvalue weighted by atomic mass is 10.1. The molecule has 4 rings (SSSR count). The number of carbonyl (C=O) groups is 3. The lowest BCUT2D eigenvalue weighted by Crippen LogP contribution is -2.36. The summed E-state index contributed by atoms with van der Waals surface area (Å²) in [6, 6.07) is 20.3. The molecule has 1 N–H and O–H groups in total. The van der Waals surface area contributed by atoms with Gasteiger partial charge in [-0.25, -0.2) is 0 Å². The van der Waals surface area contributed by atoms with Crippen LogP contribution in [-0.2, 0) is 16.2 Å². The SMILES string of the molecule is CCOc1ccc(NC(=O)CN2C(=O)S/C(=C/c3cc(I)c(OCc4ccccc4)c(OCC)c3)C2=O)cc1. The molecule has 8 nitrogen and oxygen atoms in total. The Bertz CT molecular complexity index is 1380. The molecule has 3 aromatic rings. The molecule has 3 aromatic carbocycles. The van der Waals surface area contributed by atoms with Crippen LogP contribution in [0.2, 0.25) is 0 Å². The first-order chi connectivity index (χ1) is 18.9. The van der Waals surface area contributed by atoms with Gasteiger partial charge in [-0.05, 0) is 102 Å². The van der Waals surface area contributed by atoms with Gasteiger partial charge in [0.15, 0.2) is 11.5 Å². The molecule has 3 amide bonds. The Labute approximate surface area is 244 Å². The first kappa shape index (κ1) is 28.5. The Morgan fingerprint density at radius 1 is 0.974 bits per heavy atom. The number of hydrogen-bond acceptors (Lipinski definition) is 7. The maximum atomic E-state index is 13.0. The van der Waals surface area contributed by atoms with E-state index >= 15 is 0 Å². The number of amides is 3. The summed E-state index contributed by atoms with van der Waals surface area (Å²) < 4.78 is 18.1. The third-order valence-corrected chi connectivity index (χ3v) is 7.19. The van der Waals surface area contributed by atoms with E-state index in [9.17, 15) is 14.4 Å². The van der Waals surface area contributed by atoms with Gasteiger partial charge >= 0.3 is 0 Å². The molecule has 1 aliphatic heterocycles. The zero-order valence-corrected chi connectivity index (χ0v) is 24.4. The monoisotopic (exact) mass is 658 g/mol. The van der Waals surface area contributed by atoms with Gasteiger partial charge in [0.05, 0.1) is 21.7 Å². The van der Waals surface area contributed by atoms with Crippen LogP contribution in [0.15, 0.2) is 71.6 Å². The highest BCUT2D eigenvalue weighted by Gasteiger charge is 2.36. The third-order valence-electron chi connectivity index (χ3n) is 5.48. The van der Waals surface area contributed by atoms with Crippen LogP contribution in [0.5, 0.6) is 17.2 Å². The highest BCUT2D eigenvalue weighted by atomic mass is 127. The smallest absolute Gasteiger partial charge is 0.294 e. The second-order valence-electron chi connectivity index (χ2n) is 8.31. The van der Waals surface area contributed by atoms with Gasteiger partial charge < -0.3 is 19.5 Å². The minimum Gasteiger partial charge on any atom is -0.494 e. The fraction of sp³-hybridized carbons (Fsp3) is 0.207. The molecule has 0 unspecified atom stereocenters. The van der Waals surface area contributed by atoms with Crippen molar-refractivity contribution in [2.24, 2.45) is 0 Å². The number of nitrogens with one attached hydrogen (secondary N) is 1. The topological polar surface area (TPSA) is 94.2 Å². The molecule has 0 aromatic heterocycles. The molecule has 1 aliphatic rings. The van der Waals surface area contributed by atoms with E-state index in [0.717, 1.165) is 25.8 Å². The number of rotatable bonds is 11. The number of hydrogen-bond donors (Lipinski definition) is 1. The quantitative estimate of drug-likeness (QED) is 0.190. The zero-order chi connectivity index (χ0) is 27.8. The number of benzene rings is 3. The Balaban J connectivity index is 1.45. The van der Waals surface area contributed by atoms with E-state index in [1.165, 1.54) is 0 Å². The lowest BCUT2D eigenvalue weighted by molar-refractivity contribution is -0.127. The average Bonchev–Trinajstić information content (AvgIpc) is 3.17. The van der Waals surface area contributed by atoms with Crippen molar-refractivity contribution in [3.05, 3.63) is 86.3 Å². The maximum Gasteiger partial charge on any atom is 0.294 e. The summed E-state index contributed by atoms with van der Waals surface area (Å²) >= 11 is 2.96. The van der Waals surface area contributed by atoms with E-state index in [2.05, 4.69) is 27.9 Å². The number of halogens is 1. The lowest BCUT2D eigenvalue weighted by Gasteiger charge is -2.15. The van der Waals surface area contributed by atoms with Crippen LogP contribution in [0.4, 0.5) is 10.5 Å². The molecule has 1 heterocycles. The number of carbonyl (C=O) groups excluding carboxylic acids is 3. The average molecular weight is 659 g/mol. The summed E-state index contributed by atoms with van der Waals surface area (Å²) in [6.07, 6.45) is 1.63. The van der Waals surface area contributed by atoms with Crippen molar-refractivity contribution >= 4 is 63.2 Å². The molecule has 0 aliphatic carbocycles. The first-order valence-electron chi connectivity index (χ1n) is 12.3. The highest BCUT2D eigenvalue weighted by molar-refractivity contribution is 14.1. The van der Waals surface area contributed by atoms with Gasteiger partial charge in [0.25, 0.3) is 11.1 Å². The Kier molecular flexibility index (Phi) is 9.88. The fourth-order valence-corrected chi connectivity index (χ4v) is 5.36. The zero-order valence-electron chi connectivity index (χ0n) is 21.4. The predicted octanol–water partition coefficient (Wildman–Crippen LogP) is 6.34. The second kappa shape index (κ2) is 13.5. The van der Waals surface area contributed by atoms with Gasteiger partial charge in [0.2, 0.25) is 5.91 Å². The summed E-state index contributed by atoms with van der Waals surface area (Å²) in [5, 5.41) is 2.20. The molecular formula is C29H27IN2O6S. The van der Waals surface area contributed by atoms with Crippen LogP contribution in [-0.4, -0.2) is 41.7 Å². The van der Waals surface area contributed by atoms with Crippen LogP contribution in [0.25, 0.3) is 6.08 Å². The molecule has 0 saturated carbocycles. The van der Waals surface area contributed by atoms with Crippen LogP contribution in [0.1, 0.15) is 25.0 Å². The van der Waals surface area contributed by atoms with E-state index in [1.54, 1.807) is 36.4 Å². The predicted molar refractivity (Wildman–Crippen MR) is 160 cm³/mol. The second-order valence-corrected chi connectivity index (χ2v) is 10.5. The standard InChI is InChI=1S/C29H27IN2O6S/c1-3-36-22-12-10-21(11-13-22)31-26(33)17-32-28(34)25(39-29(32)35)16-20-14-23(30)27(24(15-20)37-4-2)38-18-19-8-6-5-7-9-19/h5-16H,3-4,17-18H2,1-2H3,(H,31,33)/b25-16+. The molecule has 1 saturated heterocycles. The molecule has 1 fully saturated rings. The molecule has 10 heteroatoms. The van der Waals surface area contributed by atoms with Crippen LogP contribution in [0.3, 0.4) is 0 Å². The minimum absolute atomic E-state index is 0.227. The summed E-state index contributed by atoms with van der Waals surface area (Å²) in [7, 11) is 0. The van der Waals surface area contributed by atoms with Crippen LogP contribution < -0.4 is 19.5 Å². The number of thioether (sulfide) groups is 1. The van der Waals surface area contributed by atoms with Gasteiger partial charge in [0, 0.05) is 5.69 Å². The molecule has 202 valence electrons. The first-order valence-corrected chi connectivity index (χ1v) is 14.2. The molecule has 39 heavy (non-hydrogen) atoms. The van der Waals surface area contributed by atoms with Crippen molar-refractivity contribution in [1.82, 2.24) is 4.90 Å². The van der Waals surface area contributed by atoms with E-state index in [0.29, 0.717) is 48.3 Å². The van der Waals surface area contributed by atoms with Crippen molar-refractivity contribution < 1.29 is 28.6 Å². The number of imide groups is 1. The van der Waals surface area contributed by atoms with Crippen molar-refractivity contribution in [1.29, 1.82) is 0 Å². The summed E-state index contributed by atoms with van der Waals surface area (Å²) in [4.78, 5) is 39.3. The minimum atomic E-state index is -0.524. The van der Waals surface area contributed by atoms with E-state index < -0.39 is 17.1 Å². The van der Waals surface area contributed by atoms with Crippen molar-refractivity contribution in [2.75, 3.05) is 25.1 Å². The normalized spacial score (nSPS) is 14.0. The summed E-state index contributed by atoms with van der Waals surface area (Å²) in [6.45, 7) is 4.73. The highest BCUT2D eigenvalue weighted by Crippen LogP contribution is 2.38. The van der Waals surface area contributed by atoms with Gasteiger partial charge in [-0.1, -0.05) is 30.3 Å². The molecule has 0 radical (unpaired) electrons. The van der Waals surface area contributed by atoms with Crippen LogP contribution >= 0.6 is 34.4 Å². The largest absolute Gasteiger partial charge is 0.494 e. The Morgan fingerprint density at radius 2 is 1.69 bits per heavy atom. The van der Waals surface area contributed by atoms with Gasteiger partial charge in [-0.2, -0.15) is 0 Å². The fourth-order valence-electron chi connectivity index (χ4n) is 3.74. The Morgan fingerprint density at radius 3 is 2.38 bits per heavy atom. The molecule has 0 spiro atoms. The summed E-state index contributed by atoms with van der Waals surface area (Å²) in [5.74, 6) is 0.836. The van der Waals surface area contributed by atoms with Crippen LogP contribution in [0, 0.1) is 3.57 Å². The maximum absolute atomic E-state index is 13.0. The van der Waals surface area contributed by atoms with Crippen molar-refractivity contribution in [2.45, 2.75) is 20.5 Å².